The summed E-state index contributed by atoms with van der Waals surface area (Å²) in [5.41, 5.74) is 1.03. The van der Waals surface area contributed by atoms with Gasteiger partial charge in [0.25, 0.3) is 0 Å². The van der Waals surface area contributed by atoms with Crippen molar-refractivity contribution in [2.75, 3.05) is 6.61 Å². The second kappa shape index (κ2) is 4.71. The Kier molecular flexibility index (Phi) is 3.28. The average Bonchev–Trinajstić information content (AvgIpc) is 2.60. The lowest BCUT2D eigenvalue weighted by atomic mass is 10.3. The number of esters is 1. The van der Waals surface area contributed by atoms with E-state index < -0.39 is 5.82 Å². The third kappa shape index (κ3) is 2.55. The Morgan fingerprint density at radius 1 is 1.59 bits per heavy atom. The van der Waals surface area contributed by atoms with Gasteiger partial charge in [0.05, 0.1) is 22.7 Å². The highest BCUT2D eigenvalue weighted by atomic mass is 35.5. The van der Waals surface area contributed by atoms with Crippen LogP contribution in [0.15, 0.2) is 12.1 Å². The van der Waals surface area contributed by atoms with Crippen LogP contribution in [0.25, 0.3) is 11.0 Å². The van der Waals surface area contributed by atoms with Gasteiger partial charge in [0.1, 0.15) is 18.1 Å². The van der Waals surface area contributed by atoms with Crippen molar-refractivity contribution in [1.29, 1.82) is 0 Å². The number of rotatable bonds is 3. The summed E-state index contributed by atoms with van der Waals surface area (Å²) < 4.78 is 18.0. The zero-order valence-corrected chi connectivity index (χ0v) is 9.84. The Morgan fingerprint density at radius 2 is 2.35 bits per heavy atom. The van der Waals surface area contributed by atoms with Gasteiger partial charge in [0.2, 0.25) is 0 Å². The van der Waals surface area contributed by atoms with Gasteiger partial charge in [-0.3, -0.25) is 4.79 Å². The van der Waals surface area contributed by atoms with Gasteiger partial charge in [-0.05, 0) is 13.0 Å². The molecule has 6 heteroatoms. The van der Waals surface area contributed by atoms with Crippen molar-refractivity contribution in [2.24, 2.45) is 0 Å². The van der Waals surface area contributed by atoms with Crippen LogP contribution in [-0.4, -0.2) is 22.5 Å². The number of hydrogen-bond acceptors (Lipinski definition) is 3. The minimum atomic E-state index is -0.523. The Labute approximate surface area is 102 Å². The van der Waals surface area contributed by atoms with E-state index in [0.29, 0.717) is 23.5 Å². The first-order valence-electron chi connectivity index (χ1n) is 5.09. The number of imidazole rings is 1. The van der Waals surface area contributed by atoms with Crippen molar-refractivity contribution in [3.05, 3.63) is 28.8 Å². The third-order valence-corrected chi connectivity index (χ3v) is 2.48. The highest BCUT2D eigenvalue weighted by Gasteiger charge is 2.11. The molecule has 1 heterocycles. The van der Waals surface area contributed by atoms with Crippen molar-refractivity contribution in [3.8, 4) is 0 Å². The lowest BCUT2D eigenvalue weighted by Gasteiger charge is -1.97. The van der Waals surface area contributed by atoms with Gasteiger partial charge in [0.15, 0.2) is 0 Å². The molecule has 1 aromatic carbocycles. The van der Waals surface area contributed by atoms with Crippen LogP contribution in [0, 0.1) is 5.82 Å². The molecule has 0 spiro atoms. The van der Waals surface area contributed by atoms with E-state index in [1.807, 2.05) is 0 Å². The van der Waals surface area contributed by atoms with E-state index in [0.717, 1.165) is 0 Å². The molecule has 17 heavy (non-hydrogen) atoms. The third-order valence-electron chi connectivity index (χ3n) is 2.19. The number of fused-ring (bicyclic) bond motifs is 1. The fourth-order valence-corrected chi connectivity index (χ4v) is 1.65. The number of aromatic nitrogens is 2. The Balaban J connectivity index is 2.29. The number of nitrogens with one attached hydrogen (secondary N) is 1. The maximum absolute atomic E-state index is 13.2. The quantitative estimate of drug-likeness (QED) is 0.859. The van der Waals surface area contributed by atoms with Crippen LogP contribution in [0.1, 0.15) is 12.7 Å². The molecule has 90 valence electrons. The number of carbonyl (C=O) groups excluding carboxylic acids is 1. The second-order valence-electron chi connectivity index (χ2n) is 3.45. The highest BCUT2D eigenvalue weighted by Crippen LogP contribution is 2.21. The number of aromatic amines is 1. The van der Waals surface area contributed by atoms with Gasteiger partial charge in [-0.15, -0.1) is 0 Å². The highest BCUT2D eigenvalue weighted by molar-refractivity contribution is 6.31. The summed E-state index contributed by atoms with van der Waals surface area (Å²) in [7, 11) is 0. The minimum absolute atomic E-state index is 0.00619. The Bertz CT molecular complexity index is 529. The maximum Gasteiger partial charge on any atom is 0.313 e. The van der Waals surface area contributed by atoms with Gasteiger partial charge >= 0.3 is 5.97 Å². The molecule has 0 fully saturated rings. The second-order valence-corrected chi connectivity index (χ2v) is 3.86. The molecule has 0 amide bonds. The number of carbonyl (C=O) groups is 1. The molecule has 0 aliphatic rings. The normalized spacial score (nSPS) is 10.8. The van der Waals surface area contributed by atoms with Gasteiger partial charge in [-0.2, -0.15) is 0 Å². The summed E-state index contributed by atoms with van der Waals surface area (Å²) in [4.78, 5) is 18.2. The number of hydrogen-bond donors (Lipinski definition) is 1. The summed E-state index contributed by atoms with van der Waals surface area (Å²) >= 11 is 5.63. The van der Waals surface area contributed by atoms with Gasteiger partial charge < -0.3 is 9.72 Å². The van der Waals surface area contributed by atoms with E-state index in [2.05, 4.69) is 9.97 Å². The van der Waals surface area contributed by atoms with Crippen LogP contribution < -0.4 is 0 Å². The molecule has 4 nitrogen and oxygen atoms in total. The summed E-state index contributed by atoms with van der Waals surface area (Å²) in [6, 6.07) is 2.66. The molecule has 0 atom stereocenters. The lowest BCUT2D eigenvalue weighted by Crippen LogP contribution is -2.08. The van der Waals surface area contributed by atoms with Crippen molar-refractivity contribution >= 4 is 28.6 Å². The zero-order chi connectivity index (χ0) is 12.4. The molecule has 0 aliphatic carbocycles. The van der Waals surface area contributed by atoms with E-state index in [1.54, 1.807) is 6.92 Å². The molecule has 0 saturated carbocycles. The molecule has 0 bridgehead atoms. The summed E-state index contributed by atoms with van der Waals surface area (Å²) in [5.74, 6) is -0.469. The Hall–Kier alpha value is -1.62. The monoisotopic (exact) mass is 256 g/mol. The standard InChI is InChI=1S/C11H10ClFN2O2/c1-2-17-11(16)5-10-14-8-3-6(12)7(13)4-9(8)15-10/h3-4H,2,5H2,1H3,(H,14,15). The van der Waals surface area contributed by atoms with E-state index in [-0.39, 0.29) is 17.4 Å². The smallest absolute Gasteiger partial charge is 0.313 e. The van der Waals surface area contributed by atoms with Crippen LogP contribution in [0.2, 0.25) is 5.02 Å². The predicted octanol–water partition coefficient (Wildman–Crippen LogP) is 2.46. The van der Waals surface area contributed by atoms with Crippen molar-refractivity contribution in [1.82, 2.24) is 9.97 Å². The van der Waals surface area contributed by atoms with Crippen LogP contribution in [-0.2, 0) is 16.0 Å². The molecule has 1 aromatic heterocycles. The molecular formula is C11H10ClFN2O2. The van der Waals surface area contributed by atoms with Crippen molar-refractivity contribution in [2.45, 2.75) is 13.3 Å². The van der Waals surface area contributed by atoms with E-state index in [4.69, 9.17) is 16.3 Å². The fraction of sp³-hybridized carbons (Fsp3) is 0.273. The topological polar surface area (TPSA) is 55.0 Å². The van der Waals surface area contributed by atoms with Crippen LogP contribution in [0.4, 0.5) is 4.39 Å². The predicted molar refractivity (Wildman–Crippen MR) is 61.4 cm³/mol. The maximum atomic E-state index is 13.2. The molecule has 0 radical (unpaired) electrons. The molecule has 0 saturated heterocycles. The first kappa shape index (κ1) is 11.9. The van der Waals surface area contributed by atoms with Gasteiger partial charge in [-0.25, -0.2) is 9.37 Å². The van der Waals surface area contributed by atoms with E-state index in [1.165, 1.54) is 12.1 Å². The number of halogens is 2. The summed E-state index contributed by atoms with van der Waals surface area (Å²) in [6.45, 7) is 2.05. The average molecular weight is 257 g/mol. The molecular weight excluding hydrogens is 247 g/mol. The summed E-state index contributed by atoms with van der Waals surface area (Å²) in [6.07, 6.45) is 0.0295. The van der Waals surface area contributed by atoms with Crippen molar-refractivity contribution in [3.63, 3.8) is 0 Å². The van der Waals surface area contributed by atoms with E-state index >= 15 is 0 Å². The van der Waals surface area contributed by atoms with Gasteiger partial charge in [0, 0.05) is 6.07 Å². The number of ether oxygens (including phenoxy) is 1. The first-order valence-corrected chi connectivity index (χ1v) is 5.47. The zero-order valence-electron chi connectivity index (χ0n) is 9.09. The minimum Gasteiger partial charge on any atom is -0.466 e. The van der Waals surface area contributed by atoms with E-state index in [9.17, 15) is 9.18 Å². The first-order chi connectivity index (χ1) is 8.10. The molecule has 2 rings (SSSR count). The molecule has 1 N–H and O–H groups in total. The number of nitrogens with zero attached hydrogens (tertiary/aromatic N) is 1. The summed E-state index contributed by atoms with van der Waals surface area (Å²) in [5, 5.41) is 0.00619. The number of benzene rings is 1. The number of H-pyrrole nitrogens is 1. The SMILES string of the molecule is CCOC(=O)Cc1nc2cc(Cl)c(F)cc2[nH]1. The molecule has 2 aromatic rings. The van der Waals surface area contributed by atoms with Crippen LogP contribution >= 0.6 is 11.6 Å². The fourth-order valence-electron chi connectivity index (χ4n) is 1.49. The van der Waals surface area contributed by atoms with Crippen LogP contribution in [0.5, 0.6) is 0 Å². The lowest BCUT2D eigenvalue weighted by molar-refractivity contribution is -0.142. The largest absolute Gasteiger partial charge is 0.466 e. The molecule has 0 aliphatic heterocycles. The van der Waals surface area contributed by atoms with Crippen LogP contribution in [0.3, 0.4) is 0 Å². The Morgan fingerprint density at radius 3 is 3.06 bits per heavy atom. The van der Waals surface area contributed by atoms with Crippen molar-refractivity contribution < 1.29 is 13.9 Å². The molecule has 0 unspecified atom stereocenters. The van der Waals surface area contributed by atoms with Gasteiger partial charge in [-0.1, -0.05) is 11.6 Å².